The molecule has 0 atom stereocenters. The first-order chi connectivity index (χ1) is 23.3. The highest BCUT2D eigenvalue weighted by Crippen LogP contribution is 2.38. The first-order valence-corrected chi connectivity index (χ1v) is 16.1. The summed E-state index contributed by atoms with van der Waals surface area (Å²) in [5, 5.41) is 13.8. The van der Waals surface area contributed by atoms with E-state index in [0.29, 0.717) is 0 Å². The van der Waals surface area contributed by atoms with E-state index in [1.54, 1.807) is 0 Å². The van der Waals surface area contributed by atoms with Crippen molar-refractivity contribution in [3.63, 3.8) is 0 Å². The number of benzene rings is 8. The fourth-order valence-electron chi connectivity index (χ4n) is 7.53. The molecule has 0 aliphatic carbocycles. The molecular weight excluding hydrogens is 571 g/mol. The van der Waals surface area contributed by atoms with Crippen LogP contribution >= 0.6 is 0 Å². The largest absolute Gasteiger partial charge is 0.355 e. The van der Waals surface area contributed by atoms with Crippen LogP contribution in [0.25, 0.3) is 76.5 Å². The van der Waals surface area contributed by atoms with E-state index in [9.17, 15) is 0 Å². The third-order valence-corrected chi connectivity index (χ3v) is 9.64. The van der Waals surface area contributed by atoms with Crippen LogP contribution < -0.4 is 5.32 Å². The van der Waals surface area contributed by atoms with E-state index in [2.05, 4.69) is 184 Å². The Hall–Kier alpha value is -6.32. The summed E-state index contributed by atoms with van der Waals surface area (Å²) in [6.07, 6.45) is 0. The monoisotopic (exact) mass is 599 g/mol. The van der Waals surface area contributed by atoms with Gasteiger partial charge >= 0.3 is 0 Å². The summed E-state index contributed by atoms with van der Waals surface area (Å²) in [4.78, 5) is 0. The third kappa shape index (κ3) is 4.00. The smallest absolute Gasteiger partial charge is 0.0561 e. The fraction of sp³-hybridized carbons (Fsp3) is 0. The lowest BCUT2D eigenvalue weighted by molar-refractivity contribution is 1.18. The number of hydrogen-bond donors (Lipinski definition) is 1. The molecule has 47 heavy (non-hydrogen) atoms. The molecule has 3 nitrogen and oxygen atoms in total. The lowest BCUT2D eigenvalue weighted by Gasteiger charge is -2.12. The minimum atomic E-state index is 1.05. The standard InChI is InChI=1S/C44H29N3/c1-2-11-33(12-3-1)46-42-17-9-7-15-37(42)40-26-31(22-25-43(40)46)45-32-21-24-38-36-14-6-8-16-41(36)47(44(38)27-32)34-23-20-30-19-18-29-10-4-5-13-35(29)39(30)28-34/h1-28,45H. The molecule has 0 radical (unpaired) electrons. The normalized spacial score (nSPS) is 11.8. The number of fused-ring (bicyclic) bond motifs is 9. The quantitative estimate of drug-likeness (QED) is 0.200. The van der Waals surface area contributed by atoms with Crippen LogP contribution in [0, 0.1) is 0 Å². The molecule has 0 aliphatic rings. The number of anilines is 2. The van der Waals surface area contributed by atoms with Crippen molar-refractivity contribution in [2.45, 2.75) is 0 Å². The van der Waals surface area contributed by atoms with Crippen molar-refractivity contribution in [2.75, 3.05) is 5.32 Å². The van der Waals surface area contributed by atoms with Gasteiger partial charge in [0.2, 0.25) is 0 Å². The summed E-state index contributed by atoms with van der Waals surface area (Å²) >= 11 is 0. The summed E-state index contributed by atoms with van der Waals surface area (Å²) < 4.78 is 4.76. The van der Waals surface area contributed by atoms with Gasteiger partial charge < -0.3 is 14.5 Å². The van der Waals surface area contributed by atoms with Gasteiger partial charge in [0.25, 0.3) is 0 Å². The van der Waals surface area contributed by atoms with Gasteiger partial charge in [-0.2, -0.15) is 0 Å². The summed E-state index contributed by atoms with van der Waals surface area (Å²) in [5.74, 6) is 0. The van der Waals surface area contributed by atoms with Crippen LogP contribution in [0.15, 0.2) is 170 Å². The average Bonchev–Trinajstić information content (AvgIpc) is 3.64. The molecule has 0 saturated heterocycles. The second kappa shape index (κ2) is 10.1. The number of aromatic nitrogens is 2. The zero-order valence-corrected chi connectivity index (χ0v) is 25.6. The van der Waals surface area contributed by atoms with Crippen molar-refractivity contribution >= 4 is 76.5 Å². The van der Waals surface area contributed by atoms with Gasteiger partial charge in [-0.1, -0.05) is 103 Å². The average molecular weight is 600 g/mol. The Morgan fingerprint density at radius 3 is 1.66 bits per heavy atom. The number of hydrogen-bond acceptors (Lipinski definition) is 1. The summed E-state index contributed by atoms with van der Waals surface area (Å²) in [7, 11) is 0. The van der Waals surface area contributed by atoms with Crippen molar-refractivity contribution in [3.8, 4) is 11.4 Å². The maximum absolute atomic E-state index is 3.76. The first-order valence-electron chi connectivity index (χ1n) is 16.1. The highest BCUT2D eigenvalue weighted by molar-refractivity contribution is 6.13. The van der Waals surface area contributed by atoms with E-state index in [0.717, 1.165) is 17.1 Å². The predicted octanol–water partition coefficient (Wildman–Crippen LogP) is 11.9. The Morgan fingerprint density at radius 2 is 0.851 bits per heavy atom. The molecule has 220 valence electrons. The van der Waals surface area contributed by atoms with Gasteiger partial charge in [-0.15, -0.1) is 0 Å². The zero-order valence-electron chi connectivity index (χ0n) is 25.6. The predicted molar refractivity (Wildman–Crippen MR) is 200 cm³/mol. The molecule has 0 amide bonds. The van der Waals surface area contributed by atoms with E-state index in [4.69, 9.17) is 0 Å². The number of rotatable bonds is 4. The Kier molecular flexibility index (Phi) is 5.57. The molecule has 3 heteroatoms. The van der Waals surface area contributed by atoms with Crippen LogP contribution in [0.5, 0.6) is 0 Å². The van der Waals surface area contributed by atoms with Crippen LogP contribution in [-0.2, 0) is 0 Å². The van der Waals surface area contributed by atoms with Gasteiger partial charge in [0.15, 0.2) is 0 Å². The van der Waals surface area contributed by atoms with Gasteiger partial charge in [-0.25, -0.2) is 0 Å². The molecule has 10 rings (SSSR count). The lowest BCUT2D eigenvalue weighted by Crippen LogP contribution is -1.96. The molecule has 0 saturated carbocycles. The van der Waals surface area contributed by atoms with Gasteiger partial charge in [-0.05, 0) is 88.3 Å². The molecule has 0 fully saturated rings. The van der Waals surface area contributed by atoms with Crippen molar-refractivity contribution in [3.05, 3.63) is 170 Å². The summed E-state index contributed by atoms with van der Waals surface area (Å²) in [5.41, 5.74) is 9.23. The number of para-hydroxylation sites is 3. The Morgan fingerprint density at radius 1 is 0.298 bits per heavy atom. The molecule has 8 aromatic carbocycles. The Labute approximate surface area is 271 Å². The van der Waals surface area contributed by atoms with Crippen molar-refractivity contribution in [2.24, 2.45) is 0 Å². The lowest BCUT2D eigenvalue weighted by atomic mass is 10.0. The Balaban J connectivity index is 1.13. The van der Waals surface area contributed by atoms with Crippen LogP contribution in [0.2, 0.25) is 0 Å². The minimum absolute atomic E-state index is 1.05. The first kappa shape index (κ1) is 26.0. The highest BCUT2D eigenvalue weighted by atomic mass is 15.0. The molecule has 0 spiro atoms. The maximum Gasteiger partial charge on any atom is 0.0561 e. The third-order valence-electron chi connectivity index (χ3n) is 9.64. The molecule has 0 unspecified atom stereocenters. The Bertz CT molecular complexity index is 2820. The highest BCUT2D eigenvalue weighted by Gasteiger charge is 2.15. The molecule has 0 aliphatic heterocycles. The molecule has 10 aromatic rings. The van der Waals surface area contributed by atoms with E-state index in [1.165, 1.54) is 70.8 Å². The number of nitrogens with zero attached hydrogens (tertiary/aromatic N) is 2. The van der Waals surface area contributed by atoms with Gasteiger partial charge in [-0.3, -0.25) is 0 Å². The topological polar surface area (TPSA) is 21.9 Å². The van der Waals surface area contributed by atoms with Crippen molar-refractivity contribution < 1.29 is 0 Å². The van der Waals surface area contributed by atoms with Gasteiger partial charge in [0, 0.05) is 44.3 Å². The van der Waals surface area contributed by atoms with Gasteiger partial charge in [0.1, 0.15) is 0 Å². The maximum atomic E-state index is 3.76. The molecular formula is C44H29N3. The van der Waals surface area contributed by atoms with Crippen LogP contribution in [0.1, 0.15) is 0 Å². The summed E-state index contributed by atoms with van der Waals surface area (Å²) in [6, 6.07) is 61.4. The number of nitrogens with one attached hydrogen (secondary N) is 1. The van der Waals surface area contributed by atoms with E-state index in [-0.39, 0.29) is 0 Å². The van der Waals surface area contributed by atoms with E-state index >= 15 is 0 Å². The van der Waals surface area contributed by atoms with Crippen molar-refractivity contribution in [1.82, 2.24) is 9.13 Å². The molecule has 1 N–H and O–H groups in total. The zero-order chi connectivity index (χ0) is 30.9. The molecule has 0 bridgehead atoms. The van der Waals surface area contributed by atoms with Crippen LogP contribution in [0.4, 0.5) is 11.4 Å². The SMILES string of the molecule is c1ccc(-n2c3ccccc3c3cc(Nc4ccc5c6ccccc6n(-c6ccc7ccc8ccccc8c7c6)c5c4)ccc32)cc1. The van der Waals surface area contributed by atoms with E-state index in [1.807, 2.05) is 0 Å². The molecule has 2 heterocycles. The van der Waals surface area contributed by atoms with Crippen LogP contribution in [-0.4, -0.2) is 9.13 Å². The van der Waals surface area contributed by atoms with Gasteiger partial charge in [0.05, 0.1) is 22.1 Å². The fourth-order valence-corrected chi connectivity index (χ4v) is 7.53. The summed E-state index contributed by atoms with van der Waals surface area (Å²) in [6.45, 7) is 0. The van der Waals surface area contributed by atoms with E-state index < -0.39 is 0 Å². The second-order valence-electron chi connectivity index (χ2n) is 12.3. The van der Waals surface area contributed by atoms with Crippen LogP contribution in [0.3, 0.4) is 0 Å². The second-order valence-corrected chi connectivity index (χ2v) is 12.3. The minimum Gasteiger partial charge on any atom is -0.355 e. The van der Waals surface area contributed by atoms with Crippen molar-refractivity contribution in [1.29, 1.82) is 0 Å². The molecule has 2 aromatic heterocycles.